The summed E-state index contributed by atoms with van der Waals surface area (Å²) < 4.78 is 34.1. The van der Waals surface area contributed by atoms with Gasteiger partial charge in [-0.05, 0) is 36.5 Å². The Balaban J connectivity index is 1.22. The monoisotopic (exact) mass is 442 g/mol. The fraction of sp³-hybridized carbons (Fsp3) is 0.565. The van der Waals surface area contributed by atoms with E-state index < -0.39 is 10.0 Å². The lowest BCUT2D eigenvalue weighted by molar-refractivity contribution is 0.151. The van der Waals surface area contributed by atoms with Crippen molar-refractivity contribution in [3.63, 3.8) is 0 Å². The molecule has 1 aromatic heterocycles. The molecule has 3 fully saturated rings. The summed E-state index contributed by atoms with van der Waals surface area (Å²) in [5.74, 6) is 1.52. The molecule has 3 aliphatic rings. The van der Waals surface area contributed by atoms with Crippen LogP contribution in [0.5, 0.6) is 5.88 Å². The van der Waals surface area contributed by atoms with Gasteiger partial charge in [-0.3, -0.25) is 9.88 Å². The molecular formula is C23H30N4O3S. The third kappa shape index (κ3) is 4.33. The van der Waals surface area contributed by atoms with Crippen molar-refractivity contribution >= 4 is 10.0 Å². The van der Waals surface area contributed by atoms with Gasteiger partial charge in [0, 0.05) is 44.6 Å². The van der Waals surface area contributed by atoms with E-state index in [1.807, 2.05) is 18.3 Å². The van der Waals surface area contributed by atoms with Crippen molar-refractivity contribution in [2.24, 2.45) is 0 Å². The van der Waals surface area contributed by atoms with Gasteiger partial charge >= 0.3 is 0 Å². The average Bonchev–Trinajstić information content (AvgIpc) is 3.54. The lowest BCUT2D eigenvalue weighted by atomic mass is 10.0. The number of hydrogen-bond acceptors (Lipinski definition) is 6. The summed E-state index contributed by atoms with van der Waals surface area (Å²) >= 11 is 0. The molecule has 0 amide bonds. The number of nitrogens with zero attached hydrogens (tertiary/aromatic N) is 4. The fourth-order valence-electron chi connectivity index (χ4n) is 4.59. The van der Waals surface area contributed by atoms with Crippen LogP contribution in [0.3, 0.4) is 0 Å². The zero-order chi connectivity index (χ0) is 21.6. The first-order valence-electron chi connectivity index (χ1n) is 11.2. The maximum atomic E-state index is 13.2. The van der Waals surface area contributed by atoms with E-state index in [4.69, 9.17) is 4.74 Å². The fourth-order valence-corrected chi connectivity index (χ4v) is 6.06. The molecule has 0 unspecified atom stereocenters. The number of piperazine rings is 1. The minimum Gasteiger partial charge on any atom is -0.472 e. The smallest absolute Gasteiger partial charge is 0.243 e. The van der Waals surface area contributed by atoms with Crippen molar-refractivity contribution in [3.8, 4) is 5.88 Å². The molecule has 2 aromatic rings. The average molecular weight is 443 g/mol. The summed E-state index contributed by atoms with van der Waals surface area (Å²) in [4.78, 5) is 11.6. The number of hydrogen-bond donors (Lipinski definition) is 0. The summed E-state index contributed by atoms with van der Waals surface area (Å²) in [7, 11) is -3.48. The molecule has 0 spiro atoms. The second-order valence-electron chi connectivity index (χ2n) is 9.26. The van der Waals surface area contributed by atoms with Crippen molar-refractivity contribution in [2.45, 2.75) is 62.0 Å². The molecule has 31 heavy (non-hydrogen) atoms. The molecule has 0 radical (unpaired) electrons. The van der Waals surface area contributed by atoms with Crippen LogP contribution in [0.25, 0.3) is 0 Å². The number of ether oxygens (including phenoxy) is 1. The lowest BCUT2D eigenvalue weighted by Crippen LogP contribution is -2.51. The van der Waals surface area contributed by atoms with Crippen molar-refractivity contribution in [1.29, 1.82) is 0 Å². The molecule has 5 rings (SSSR count). The standard InChI is InChI=1S/C23H30N4O3S/c1-16(2)17-5-7-21(8-6-17)31(28,29)27-10-9-26-15-20(11-19(26)14-27)30-23-13-24-22(12-25-23)18-3-4-18/h5-8,12-13,16,18-20H,3-4,9-11,14-15H2,1-2H3/t19-,20-/m0/s1. The topological polar surface area (TPSA) is 75.6 Å². The third-order valence-electron chi connectivity index (χ3n) is 6.66. The Morgan fingerprint density at radius 3 is 2.45 bits per heavy atom. The van der Waals surface area contributed by atoms with Crippen LogP contribution in [-0.4, -0.2) is 65.9 Å². The predicted octanol–water partition coefficient (Wildman–Crippen LogP) is 3.00. The third-order valence-corrected chi connectivity index (χ3v) is 8.54. The van der Waals surface area contributed by atoms with Crippen LogP contribution in [0, 0.1) is 0 Å². The highest BCUT2D eigenvalue weighted by Gasteiger charge is 2.41. The van der Waals surface area contributed by atoms with Crippen LogP contribution < -0.4 is 4.74 Å². The zero-order valence-corrected chi connectivity index (χ0v) is 19.0. The Morgan fingerprint density at radius 1 is 1.03 bits per heavy atom. The highest BCUT2D eigenvalue weighted by Crippen LogP contribution is 2.38. The molecule has 1 aliphatic carbocycles. The Kier molecular flexibility index (Phi) is 5.48. The molecule has 7 nitrogen and oxygen atoms in total. The van der Waals surface area contributed by atoms with E-state index >= 15 is 0 Å². The summed E-state index contributed by atoms with van der Waals surface area (Å²) in [6.07, 6.45) is 6.77. The van der Waals surface area contributed by atoms with Gasteiger partial charge in [-0.25, -0.2) is 13.4 Å². The molecule has 1 aromatic carbocycles. The number of fused-ring (bicyclic) bond motifs is 1. The van der Waals surface area contributed by atoms with E-state index in [1.165, 1.54) is 12.8 Å². The van der Waals surface area contributed by atoms with Crippen molar-refractivity contribution in [3.05, 3.63) is 47.9 Å². The second-order valence-corrected chi connectivity index (χ2v) is 11.2. The first kappa shape index (κ1) is 20.8. The zero-order valence-electron chi connectivity index (χ0n) is 18.1. The summed E-state index contributed by atoms with van der Waals surface area (Å²) in [6, 6.07) is 7.48. The second kappa shape index (κ2) is 8.15. The van der Waals surface area contributed by atoms with Gasteiger partial charge in [-0.2, -0.15) is 4.31 Å². The number of aromatic nitrogens is 2. The van der Waals surface area contributed by atoms with Gasteiger partial charge in [0.1, 0.15) is 6.10 Å². The van der Waals surface area contributed by atoms with E-state index in [9.17, 15) is 8.42 Å². The Labute approximate surface area is 184 Å². The van der Waals surface area contributed by atoms with Gasteiger partial charge in [0.15, 0.2) is 0 Å². The van der Waals surface area contributed by atoms with Gasteiger partial charge in [0.05, 0.1) is 23.0 Å². The van der Waals surface area contributed by atoms with E-state index in [2.05, 4.69) is 28.7 Å². The van der Waals surface area contributed by atoms with Gasteiger partial charge in [0.25, 0.3) is 0 Å². The molecule has 1 saturated carbocycles. The van der Waals surface area contributed by atoms with Gasteiger partial charge in [0.2, 0.25) is 15.9 Å². The highest BCUT2D eigenvalue weighted by atomic mass is 32.2. The van der Waals surface area contributed by atoms with Crippen LogP contribution in [0.4, 0.5) is 0 Å². The van der Waals surface area contributed by atoms with Crippen LogP contribution in [0.2, 0.25) is 0 Å². The summed E-state index contributed by atoms with van der Waals surface area (Å²) in [6.45, 7) is 6.74. The summed E-state index contributed by atoms with van der Waals surface area (Å²) in [5.41, 5.74) is 2.20. The van der Waals surface area contributed by atoms with Crippen LogP contribution in [-0.2, 0) is 10.0 Å². The first-order chi connectivity index (χ1) is 14.9. The van der Waals surface area contributed by atoms with Crippen molar-refractivity contribution in [1.82, 2.24) is 19.2 Å². The molecular weight excluding hydrogens is 412 g/mol. The predicted molar refractivity (Wildman–Crippen MR) is 118 cm³/mol. The Hall–Kier alpha value is -2.03. The normalized spacial score (nSPS) is 25.0. The molecule has 2 aliphatic heterocycles. The van der Waals surface area contributed by atoms with Crippen LogP contribution >= 0.6 is 0 Å². The number of benzene rings is 1. The maximum Gasteiger partial charge on any atom is 0.243 e. The maximum absolute atomic E-state index is 13.2. The van der Waals surface area contributed by atoms with E-state index in [-0.39, 0.29) is 12.1 Å². The van der Waals surface area contributed by atoms with Crippen LogP contribution in [0.1, 0.15) is 56.2 Å². The first-order valence-corrected chi connectivity index (χ1v) is 12.7. The SMILES string of the molecule is CC(C)c1ccc(S(=O)(=O)N2CCN3C[C@@H](Oc4cnc(C5CC5)cn4)C[C@H]3C2)cc1. The molecule has 0 N–H and O–H groups in total. The van der Waals surface area contributed by atoms with Crippen LogP contribution in [0.15, 0.2) is 41.6 Å². The minimum absolute atomic E-state index is 0.0130. The van der Waals surface area contributed by atoms with E-state index in [0.717, 1.165) is 30.8 Å². The van der Waals surface area contributed by atoms with Crippen molar-refractivity contribution in [2.75, 3.05) is 26.2 Å². The molecule has 166 valence electrons. The largest absolute Gasteiger partial charge is 0.472 e. The molecule has 2 atom stereocenters. The lowest BCUT2D eigenvalue weighted by Gasteiger charge is -2.36. The Bertz CT molecular complexity index is 1020. The van der Waals surface area contributed by atoms with E-state index in [1.54, 1.807) is 22.6 Å². The molecule has 3 heterocycles. The quantitative estimate of drug-likeness (QED) is 0.685. The Morgan fingerprint density at radius 2 is 1.81 bits per heavy atom. The minimum atomic E-state index is -3.48. The number of rotatable bonds is 6. The molecule has 8 heteroatoms. The van der Waals surface area contributed by atoms with Gasteiger partial charge in [-0.1, -0.05) is 26.0 Å². The molecule has 0 bridgehead atoms. The van der Waals surface area contributed by atoms with E-state index in [0.29, 0.717) is 35.7 Å². The summed E-state index contributed by atoms with van der Waals surface area (Å²) in [5, 5.41) is 0. The number of sulfonamides is 1. The molecule has 2 saturated heterocycles. The highest BCUT2D eigenvalue weighted by molar-refractivity contribution is 7.89. The van der Waals surface area contributed by atoms with Crippen molar-refractivity contribution < 1.29 is 13.2 Å². The van der Waals surface area contributed by atoms with Gasteiger partial charge in [-0.15, -0.1) is 0 Å². The van der Waals surface area contributed by atoms with Gasteiger partial charge < -0.3 is 4.74 Å².